The molecule has 0 amide bonds. The second-order valence-electron chi connectivity index (χ2n) is 10.4. The van der Waals surface area contributed by atoms with Crippen LogP contribution in [0.25, 0.3) is 44.5 Å². The largest absolute Gasteiger partial charge is 0.361 e. The monoisotopic (exact) mass is 478 g/mol. The Kier molecular flexibility index (Phi) is 4.86. The number of nitrogens with zero attached hydrogens (tertiary/aromatic N) is 2. The summed E-state index contributed by atoms with van der Waals surface area (Å²) in [5, 5.41) is 4.60. The van der Waals surface area contributed by atoms with Crippen LogP contribution in [0, 0.1) is 17.2 Å². The average Bonchev–Trinajstić information content (AvgIpc) is 3.30. The molecule has 0 radical (unpaired) electrons. The molecule has 7 rings (SSSR count). The Morgan fingerprint density at radius 2 is 1.81 bits per heavy atom. The quantitative estimate of drug-likeness (QED) is 0.317. The third-order valence-electron chi connectivity index (χ3n) is 7.92. The van der Waals surface area contributed by atoms with Gasteiger partial charge in [0.25, 0.3) is 0 Å². The molecule has 0 bridgehead atoms. The lowest BCUT2D eigenvalue weighted by Gasteiger charge is -2.28. The van der Waals surface area contributed by atoms with Crippen molar-refractivity contribution in [1.82, 2.24) is 19.9 Å². The number of halogens is 1. The minimum atomic E-state index is -0.471. The first kappa shape index (κ1) is 21.5. The lowest BCUT2D eigenvalue weighted by molar-refractivity contribution is -0.129. The van der Waals surface area contributed by atoms with E-state index in [4.69, 9.17) is 4.98 Å². The Balaban J connectivity index is 1.31. The molecule has 2 N–H and O–H groups in total. The molecule has 180 valence electrons. The summed E-state index contributed by atoms with van der Waals surface area (Å²) in [5.74, 6) is 1.01. The van der Waals surface area contributed by atoms with Crippen LogP contribution in [0.1, 0.15) is 19.3 Å². The van der Waals surface area contributed by atoms with Gasteiger partial charge in [0.15, 0.2) is 0 Å². The molecule has 1 atom stereocenters. The topological polar surface area (TPSA) is 62.7 Å². The fraction of sp³-hybridized carbons (Fsp3) is 0.267. The van der Waals surface area contributed by atoms with E-state index in [0.29, 0.717) is 18.9 Å². The smallest absolute Gasteiger partial charge is 0.145 e. The number of aromatic nitrogens is 3. The van der Waals surface area contributed by atoms with Crippen LogP contribution < -0.4 is 5.32 Å². The molecule has 3 heterocycles. The van der Waals surface area contributed by atoms with Gasteiger partial charge in [-0.2, -0.15) is 0 Å². The van der Waals surface area contributed by atoms with Gasteiger partial charge in [-0.3, -0.25) is 4.79 Å². The summed E-state index contributed by atoms with van der Waals surface area (Å²) in [4.78, 5) is 21.6. The van der Waals surface area contributed by atoms with Crippen LogP contribution in [-0.2, 0) is 11.3 Å². The van der Waals surface area contributed by atoms with E-state index < -0.39 is 5.41 Å². The van der Waals surface area contributed by atoms with Crippen LogP contribution in [-0.4, -0.2) is 33.4 Å². The minimum absolute atomic E-state index is 0.177. The van der Waals surface area contributed by atoms with Crippen molar-refractivity contribution in [2.75, 3.05) is 13.1 Å². The third-order valence-corrected chi connectivity index (χ3v) is 7.92. The van der Waals surface area contributed by atoms with Crippen molar-refractivity contribution < 1.29 is 9.18 Å². The molecule has 5 aromatic rings. The zero-order valence-electron chi connectivity index (χ0n) is 19.9. The predicted molar refractivity (Wildman–Crippen MR) is 140 cm³/mol. The Hall–Kier alpha value is -3.77. The van der Waals surface area contributed by atoms with Crippen LogP contribution in [0.4, 0.5) is 4.39 Å². The van der Waals surface area contributed by atoms with E-state index in [1.165, 1.54) is 11.5 Å². The Bertz CT molecular complexity index is 1600. The van der Waals surface area contributed by atoms with Crippen molar-refractivity contribution in [3.05, 3.63) is 78.7 Å². The minimum Gasteiger partial charge on any atom is -0.361 e. The molecule has 0 spiro atoms. The first-order chi connectivity index (χ1) is 17.6. The van der Waals surface area contributed by atoms with Crippen LogP contribution in [0.15, 0.2) is 72.9 Å². The van der Waals surface area contributed by atoms with Crippen molar-refractivity contribution in [2.45, 2.75) is 25.8 Å². The molecule has 1 saturated heterocycles. The van der Waals surface area contributed by atoms with Gasteiger partial charge in [-0.25, -0.2) is 9.37 Å². The number of rotatable bonds is 6. The van der Waals surface area contributed by atoms with Gasteiger partial charge in [0.1, 0.15) is 17.4 Å². The van der Waals surface area contributed by atoms with Gasteiger partial charge in [0.2, 0.25) is 0 Å². The fourth-order valence-electron chi connectivity index (χ4n) is 5.76. The number of Topliss-reactive ketones (excluding diaryl/α,β-unsaturated/α-hetero) is 1. The van der Waals surface area contributed by atoms with E-state index in [1.807, 2.05) is 6.20 Å². The number of carbonyl (C=O) groups is 1. The second kappa shape index (κ2) is 8.14. The molecule has 36 heavy (non-hydrogen) atoms. The summed E-state index contributed by atoms with van der Waals surface area (Å²) in [6.07, 6.45) is 4.73. The number of hydrogen-bond acceptors (Lipinski definition) is 3. The highest BCUT2D eigenvalue weighted by Gasteiger charge is 2.48. The molecule has 2 aliphatic rings. The van der Waals surface area contributed by atoms with Gasteiger partial charge in [-0.15, -0.1) is 0 Å². The zero-order chi connectivity index (χ0) is 24.3. The first-order valence-electron chi connectivity index (χ1n) is 12.7. The van der Waals surface area contributed by atoms with Crippen LogP contribution in [0.3, 0.4) is 0 Å². The van der Waals surface area contributed by atoms with Crippen LogP contribution in [0.2, 0.25) is 0 Å². The van der Waals surface area contributed by atoms with Crippen molar-refractivity contribution in [3.63, 3.8) is 0 Å². The van der Waals surface area contributed by atoms with Gasteiger partial charge in [0, 0.05) is 36.3 Å². The molecule has 0 unspecified atom stereocenters. The summed E-state index contributed by atoms with van der Waals surface area (Å²) >= 11 is 0. The molecule has 1 aliphatic heterocycles. The maximum absolute atomic E-state index is 14.3. The fourth-order valence-corrected chi connectivity index (χ4v) is 5.76. The average molecular weight is 479 g/mol. The standard InChI is InChI=1S/C30H27FN4O/c31-24-9-10-25-27(16-24)35(18-30(12-14-32-17-30)28(36)21-4-5-21)29(34-25)22-6-1-19(2-7-22)23-8-3-20-11-13-33-26(20)15-23/h1-3,6-11,13,15-16,21,32-33H,4-5,12,14,17-18H2/t30-/m0/s1. The van der Waals surface area contributed by atoms with E-state index in [0.717, 1.165) is 64.9 Å². The lowest BCUT2D eigenvalue weighted by Crippen LogP contribution is -2.39. The van der Waals surface area contributed by atoms with Gasteiger partial charge in [-0.1, -0.05) is 36.4 Å². The van der Waals surface area contributed by atoms with E-state index in [2.05, 4.69) is 63.4 Å². The Morgan fingerprint density at radius 3 is 2.58 bits per heavy atom. The number of carbonyl (C=O) groups excluding carboxylic acids is 1. The number of fused-ring (bicyclic) bond motifs is 2. The SMILES string of the molecule is O=C(C1CC1)[C@@]1(Cn2c(-c3ccc(-c4ccc5cc[nH]c5c4)cc3)nc3ccc(F)cc32)CCNC1. The molecule has 3 aromatic carbocycles. The lowest BCUT2D eigenvalue weighted by atomic mass is 9.80. The molecule has 1 aliphatic carbocycles. The molecular weight excluding hydrogens is 451 g/mol. The number of benzene rings is 3. The van der Waals surface area contributed by atoms with E-state index in [1.54, 1.807) is 12.1 Å². The zero-order valence-corrected chi connectivity index (χ0v) is 19.9. The highest BCUT2D eigenvalue weighted by molar-refractivity contribution is 5.90. The number of hydrogen-bond donors (Lipinski definition) is 2. The van der Waals surface area contributed by atoms with Gasteiger partial charge in [-0.05, 0) is 72.7 Å². The van der Waals surface area contributed by atoms with Crippen molar-refractivity contribution in [1.29, 1.82) is 0 Å². The van der Waals surface area contributed by atoms with Crippen LogP contribution >= 0.6 is 0 Å². The molecule has 6 heteroatoms. The number of H-pyrrole nitrogens is 1. The van der Waals surface area contributed by atoms with Crippen molar-refractivity contribution in [2.24, 2.45) is 11.3 Å². The van der Waals surface area contributed by atoms with E-state index in [9.17, 15) is 9.18 Å². The number of nitrogens with one attached hydrogen (secondary N) is 2. The molecule has 2 fully saturated rings. The number of ketones is 1. The summed E-state index contributed by atoms with van der Waals surface area (Å²) < 4.78 is 16.4. The highest BCUT2D eigenvalue weighted by Crippen LogP contribution is 2.42. The van der Waals surface area contributed by atoms with E-state index in [-0.39, 0.29) is 11.7 Å². The molecule has 5 nitrogen and oxygen atoms in total. The third kappa shape index (κ3) is 3.56. The molecule has 1 saturated carbocycles. The Labute approximate surface area is 208 Å². The predicted octanol–water partition coefficient (Wildman–Crippen LogP) is 5.95. The summed E-state index contributed by atoms with van der Waals surface area (Å²) in [7, 11) is 0. The van der Waals surface area contributed by atoms with Gasteiger partial charge in [0.05, 0.1) is 16.4 Å². The van der Waals surface area contributed by atoms with Gasteiger partial charge >= 0.3 is 0 Å². The Morgan fingerprint density at radius 1 is 1.00 bits per heavy atom. The number of aromatic amines is 1. The normalized spacial score (nSPS) is 19.9. The molecular formula is C30H27FN4O. The maximum Gasteiger partial charge on any atom is 0.145 e. The molecule has 2 aromatic heterocycles. The second-order valence-corrected chi connectivity index (χ2v) is 10.4. The summed E-state index contributed by atoms with van der Waals surface area (Å²) in [6, 6.07) is 21.5. The van der Waals surface area contributed by atoms with E-state index >= 15 is 0 Å². The summed E-state index contributed by atoms with van der Waals surface area (Å²) in [5.41, 5.74) is 5.32. The number of imidazole rings is 1. The van der Waals surface area contributed by atoms with Crippen molar-refractivity contribution in [3.8, 4) is 22.5 Å². The maximum atomic E-state index is 14.3. The highest BCUT2D eigenvalue weighted by atomic mass is 19.1. The first-order valence-corrected chi connectivity index (χ1v) is 12.7. The van der Waals surface area contributed by atoms with Crippen molar-refractivity contribution >= 4 is 27.7 Å². The summed E-state index contributed by atoms with van der Waals surface area (Å²) in [6.45, 7) is 2.00. The van der Waals surface area contributed by atoms with Gasteiger partial charge < -0.3 is 14.9 Å². The van der Waals surface area contributed by atoms with Crippen LogP contribution in [0.5, 0.6) is 0 Å².